The van der Waals surface area contributed by atoms with E-state index in [4.69, 9.17) is 14.6 Å². The van der Waals surface area contributed by atoms with Crippen molar-refractivity contribution in [3.63, 3.8) is 0 Å². The molecule has 104 valence electrons. The molecule has 0 aliphatic carbocycles. The molecule has 0 bridgehead atoms. The minimum absolute atomic E-state index is 0.0281. The Balaban J connectivity index is 2.60. The van der Waals surface area contributed by atoms with Gasteiger partial charge in [-0.1, -0.05) is 0 Å². The second-order valence-electron chi connectivity index (χ2n) is 3.99. The lowest BCUT2D eigenvalue weighted by Crippen LogP contribution is -2.22. The summed E-state index contributed by atoms with van der Waals surface area (Å²) < 4.78 is 11.6. The first kappa shape index (κ1) is 15.0. The molecule has 1 N–H and O–H groups in total. The molecule has 0 spiro atoms. The van der Waals surface area contributed by atoms with E-state index in [-0.39, 0.29) is 12.6 Å². The quantitative estimate of drug-likeness (QED) is 0.592. The summed E-state index contributed by atoms with van der Waals surface area (Å²) in [5, 5.41) is 8.56. The van der Waals surface area contributed by atoms with Crippen molar-refractivity contribution in [2.45, 2.75) is 19.6 Å². The van der Waals surface area contributed by atoms with E-state index in [0.717, 1.165) is 6.08 Å². The van der Waals surface area contributed by atoms with E-state index in [1.807, 2.05) is 0 Å². The standard InChI is InChI=1S/C13H17NO5/c1-10(9-18-2)19-13(17)8-14-7-3-4-11(14)5-6-12(15)16/h3-7,10H,8-9H2,1-2H3,(H,15,16)/b6-5+. The second-order valence-corrected chi connectivity index (χ2v) is 3.99. The van der Waals surface area contributed by atoms with Crippen LogP contribution in [0.1, 0.15) is 12.6 Å². The number of methoxy groups -OCH3 is 1. The van der Waals surface area contributed by atoms with Crippen LogP contribution < -0.4 is 0 Å². The fourth-order valence-corrected chi connectivity index (χ4v) is 1.55. The summed E-state index contributed by atoms with van der Waals surface area (Å²) in [5.74, 6) is -1.44. The van der Waals surface area contributed by atoms with Crippen molar-refractivity contribution in [1.82, 2.24) is 4.57 Å². The predicted octanol–water partition coefficient (Wildman–Crippen LogP) is 1.16. The highest BCUT2D eigenvalue weighted by molar-refractivity contribution is 5.85. The van der Waals surface area contributed by atoms with Gasteiger partial charge in [0.1, 0.15) is 12.6 Å². The number of hydrogen-bond acceptors (Lipinski definition) is 4. The third kappa shape index (κ3) is 5.39. The van der Waals surface area contributed by atoms with Crippen LogP contribution in [0.15, 0.2) is 24.4 Å². The number of carbonyl (C=O) groups is 2. The lowest BCUT2D eigenvalue weighted by atomic mass is 10.3. The number of esters is 1. The van der Waals surface area contributed by atoms with Gasteiger partial charge in [0.15, 0.2) is 0 Å². The summed E-state index contributed by atoms with van der Waals surface area (Å²) in [4.78, 5) is 22.1. The van der Waals surface area contributed by atoms with E-state index in [1.54, 1.807) is 29.8 Å². The molecule has 0 amide bonds. The minimum atomic E-state index is -1.04. The topological polar surface area (TPSA) is 77.8 Å². The number of carboxylic acids is 1. The second kappa shape index (κ2) is 7.38. The molecular formula is C13H17NO5. The van der Waals surface area contributed by atoms with Crippen LogP contribution in [-0.2, 0) is 25.6 Å². The van der Waals surface area contributed by atoms with Crippen molar-refractivity contribution >= 4 is 18.0 Å². The van der Waals surface area contributed by atoms with Crippen molar-refractivity contribution in [2.75, 3.05) is 13.7 Å². The molecule has 1 heterocycles. The lowest BCUT2D eigenvalue weighted by Gasteiger charge is -2.13. The highest BCUT2D eigenvalue weighted by Crippen LogP contribution is 2.06. The van der Waals surface area contributed by atoms with E-state index in [9.17, 15) is 9.59 Å². The number of carbonyl (C=O) groups excluding carboxylic acids is 1. The van der Waals surface area contributed by atoms with Gasteiger partial charge in [0.05, 0.1) is 6.61 Å². The zero-order valence-corrected chi connectivity index (χ0v) is 10.9. The van der Waals surface area contributed by atoms with E-state index in [1.165, 1.54) is 13.2 Å². The van der Waals surface area contributed by atoms with Gasteiger partial charge in [0.25, 0.3) is 0 Å². The molecule has 1 unspecified atom stereocenters. The van der Waals surface area contributed by atoms with E-state index >= 15 is 0 Å². The molecule has 0 aromatic carbocycles. The normalized spacial score (nSPS) is 12.5. The number of nitrogens with zero attached hydrogens (tertiary/aromatic N) is 1. The third-order valence-corrected chi connectivity index (χ3v) is 2.29. The Hall–Kier alpha value is -2.08. The molecule has 0 aliphatic heterocycles. The molecule has 0 saturated carbocycles. The van der Waals surface area contributed by atoms with Crippen LogP contribution in [0.3, 0.4) is 0 Å². The predicted molar refractivity (Wildman–Crippen MR) is 68.5 cm³/mol. The Morgan fingerprint density at radius 2 is 2.26 bits per heavy atom. The Bertz CT molecular complexity index is 463. The molecule has 0 saturated heterocycles. The molecule has 6 nitrogen and oxygen atoms in total. The van der Waals surface area contributed by atoms with Crippen LogP contribution in [0.25, 0.3) is 6.08 Å². The SMILES string of the molecule is COCC(C)OC(=O)Cn1cccc1/C=C/C(=O)O. The Morgan fingerprint density at radius 3 is 2.89 bits per heavy atom. The van der Waals surface area contributed by atoms with E-state index in [2.05, 4.69) is 0 Å². The van der Waals surface area contributed by atoms with E-state index in [0.29, 0.717) is 12.3 Å². The molecular weight excluding hydrogens is 250 g/mol. The fraction of sp³-hybridized carbons (Fsp3) is 0.385. The van der Waals surface area contributed by atoms with Crippen molar-refractivity contribution in [3.05, 3.63) is 30.1 Å². The van der Waals surface area contributed by atoms with Crippen LogP contribution in [0.5, 0.6) is 0 Å². The first-order chi connectivity index (χ1) is 9.02. The lowest BCUT2D eigenvalue weighted by molar-refractivity contribution is -0.151. The smallest absolute Gasteiger partial charge is 0.328 e. The van der Waals surface area contributed by atoms with Crippen molar-refractivity contribution in [3.8, 4) is 0 Å². The highest BCUT2D eigenvalue weighted by atomic mass is 16.6. The van der Waals surface area contributed by atoms with Crippen LogP contribution in [0, 0.1) is 0 Å². The molecule has 1 rings (SSSR count). The minimum Gasteiger partial charge on any atom is -0.478 e. The van der Waals surface area contributed by atoms with E-state index < -0.39 is 11.9 Å². The van der Waals surface area contributed by atoms with Crippen molar-refractivity contribution < 1.29 is 24.2 Å². The van der Waals surface area contributed by atoms with Crippen LogP contribution in [0.4, 0.5) is 0 Å². The van der Waals surface area contributed by atoms with Crippen LogP contribution in [0.2, 0.25) is 0 Å². The summed E-state index contributed by atoms with van der Waals surface area (Å²) in [7, 11) is 1.53. The maximum absolute atomic E-state index is 11.6. The number of aromatic nitrogens is 1. The van der Waals surface area contributed by atoms with Crippen molar-refractivity contribution in [2.24, 2.45) is 0 Å². The molecule has 6 heteroatoms. The molecule has 1 atom stereocenters. The number of carboxylic acid groups (broad SMARTS) is 1. The van der Waals surface area contributed by atoms with Gasteiger partial charge in [0, 0.05) is 25.1 Å². The zero-order valence-electron chi connectivity index (χ0n) is 10.9. The Labute approximate surface area is 111 Å². The molecule has 0 radical (unpaired) electrons. The van der Waals surface area contributed by atoms with Gasteiger partial charge in [-0.05, 0) is 25.1 Å². The Kier molecular flexibility index (Phi) is 5.81. The first-order valence-electron chi connectivity index (χ1n) is 5.77. The molecule has 1 aromatic rings. The number of aliphatic carboxylic acids is 1. The average molecular weight is 267 g/mol. The maximum atomic E-state index is 11.6. The molecule has 0 fully saturated rings. The van der Waals surface area contributed by atoms with Gasteiger partial charge < -0.3 is 19.1 Å². The van der Waals surface area contributed by atoms with Crippen molar-refractivity contribution in [1.29, 1.82) is 0 Å². The number of ether oxygens (including phenoxy) is 2. The van der Waals surface area contributed by atoms with Gasteiger partial charge in [0.2, 0.25) is 0 Å². The van der Waals surface area contributed by atoms with Crippen LogP contribution >= 0.6 is 0 Å². The van der Waals surface area contributed by atoms with Gasteiger partial charge in [-0.2, -0.15) is 0 Å². The van der Waals surface area contributed by atoms with Gasteiger partial charge in [-0.3, -0.25) is 4.79 Å². The van der Waals surface area contributed by atoms with Gasteiger partial charge >= 0.3 is 11.9 Å². The summed E-state index contributed by atoms with van der Waals surface area (Å²) in [6.45, 7) is 2.10. The van der Waals surface area contributed by atoms with Gasteiger partial charge in [-0.15, -0.1) is 0 Å². The zero-order chi connectivity index (χ0) is 14.3. The average Bonchev–Trinajstić information content (AvgIpc) is 2.73. The summed E-state index contributed by atoms with van der Waals surface area (Å²) in [6.07, 6.45) is 3.81. The molecule has 1 aromatic heterocycles. The summed E-state index contributed by atoms with van der Waals surface area (Å²) in [5.41, 5.74) is 0.624. The third-order valence-electron chi connectivity index (χ3n) is 2.29. The number of rotatable bonds is 7. The number of hydrogen-bond donors (Lipinski definition) is 1. The fourth-order valence-electron chi connectivity index (χ4n) is 1.55. The highest BCUT2D eigenvalue weighted by Gasteiger charge is 2.10. The summed E-state index contributed by atoms with van der Waals surface area (Å²) >= 11 is 0. The first-order valence-corrected chi connectivity index (χ1v) is 5.77. The molecule has 19 heavy (non-hydrogen) atoms. The maximum Gasteiger partial charge on any atom is 0.328 e. The largest absolute Gasteiger partial charge is 0.478 e. The molecule has 0 aliphatic rings. The monoisotopic (exact) mass is 267 g/mol. The summed E-state index contributed by atoms with van der Waals surface area (Å²) in [6, 6.07) is 3.44. The van der Waals surface area contributed by atoms with Crippen LogP contribution in [-0.4, -0.2) is 41.4 Å². The Morgan fingerprint density at radius 1 is 1.53 bits per heavy atom. The van der Waals surface area contributed by atoms with Gasteiger partial charge in [-0.25, -0.2) is 4.79 Å².